The lowest BCUT2D eigenvalue weighted by Crippen LogP contribution is -2.48. The second-order valence-corrected chi connectivity index (χ2v) is 9.16. The number of H-pyrrole nitrogens is 1. The Bertz CT molecular complexity index is 1370. The van der Waals surface area contributed by atoms with Gasteiger partial charge in [0.1, 0.15) is 10.6 Å². The van der Waals surface area contributed by atoms with Crippen LogP contribution in [0.4, 0.5) is 5.69 Å². The summed E-state index contributed by atoms with van der Waals surface area (Å²) in [5, 5.41) is 0.569. The number of nitrogens with one attached hydrogen (secondary N) is 1. The molecule has 0 aliphatic carbocycles. The number of aromatic amines is 1. The number of methoxy groups -OCH3 is 1. The molecule has 0 radical (unpaired) electrons. The molecule has 1 aliphatic heterocycles. The van der Waals surface area contributed by atoms with Gasteiger partial charge in [0.05, 0.1) is 18.2 Å². The molecule has 0 spiro atoms. The largest absolute Gasteiger partial charge is 0.495 e. The molecule has 7 nitrogen and oxygen atoms in total. The Morgan fingerprint density at radius 1 is 0.939 bits per heavy atom. The van der Waals surface area contributed by atoms with E-state index in [1.807, 2.05) is 54.6 Å². The van der Waals surface area contributed by atoms with Crippen LogP contribution >= 0.6 is 11.3 Å². The predicted molar refractivity (Wildman–Crippen MR) is 134 cm³/mol. The number of rotatable bonds is 6. The van der Waals surface area contributed by atoms with Crippen molar-refractivity contribution in [1.82, 2.24) is 14.5 Å². The Kier molecular flexibility index (Phi) is 6.02. The number of piperazine rings is 1. The van der Waals surface area contributed by atoms with Gasteiger partial charge in [0, 0.05) is 44.1 Å². The van der Waals surface area contributed by atoms with Crippen LogP contribution in [0.5, 0.6) is 5.75 Å². The van der Waals surface area contributed by atoms with Crippen molar-refractivity contribution in [2.45, 2.75) is 6.54 Å². The zero-order valence-corrected chi connectivity index (χ0v) is 19.3. The van der Waals surface area contributed by atoms with Gasteiger partial charge < -0.3 is 9.64 Å². The minimum Gasteiger partial charge on any atom is -0.495 e. The minimum atomic E-state index is -0.346. The Balaban J connectivity index is 1.28. The van der Waals surface area contributed by atoms with Gasteiger partial charge in [-0.2, -0.15) is 0 Å². The number of nitrogens with zero attached hydrogens (tertiary/aromatic N) is 3. The number of ether oxygens (including phenoxy) is 1. The summed E-state index contributed by atoms with van der Waals surface area (Å²) in [4.78, 5) is 34.9. The van der Waals surface area contributed by atoms with Crippen LogP contribution in [0.3, 0.4) is 0 Å². The minimum absolute atomic E-state index is 0.222. The van der Waals surface area contributed by atoms with Crippen LogP contribution in [-0.4, -0.2) is 54.3 Å². The van der Waals surface area contributed by atoms with Gasteiger partial charge in [0.15, 0.2) is 0 Å². The van der Waals surface area contributed by atoms with E-state index in [4.69, 9.17) is 4.74 Å². The number of fused-ring (bicyclic) bond motifs is 1. The van der Waals surface area contributed by atoms with E-state index >= 15 is 0 Å². The van der Waals surface area contributed by atoms with E-state index in [9.17, 15) is 9.59 Å². The first-order valence-corrected chi connectivity index (χ1v) is 11.9. The summed E-state index contributed by atoms with van der Waals surface area (Å²) >= 11 is 1.44. The van der Waals surface area contributed by atoms with Crippen LogP contribution in [0.1, 0.15) is 0 Å². The molecule has 1 fully saturated rings. The van der Waals surface area contributed by atoms with E-state index < -0.39 is 0 Å². The molecule has 0 amide bonds. The maximum atomic E-state index is 13.1. The van der Waals surface area contributed by atoms with Gasteiger partial charge in [0.2, 0.25) is 0 Å². The Morgan fingerprint density at radius 2 is 1.67 bits per heavy atom. The molecule has 3 heterocycles. The zero-order chi connectivity index (χ0) is 22.8. The fraction of sp³-hybridized carbons (Fsp3) is 0.280. The van der Waals surface area contributed by atoms with E-state index in [1.165, 1.54) is 15.9 Å². The van der Waals surface area contributed by atoms with E-state index in [-0.39, 0.29) is 11.2 Å². The summed E-state index contributed by atoms with van der Waals surface area (Å²) in [5.41, 5.74) is 1.57. The third kappa shape index (κ3) is 4.31. The lowest BCUT2D eigenvalue weighted by molar-refractivity contribution is 0.245. The Morgan fingerprint density at radius 3 is 2.42 bits per heavy atom. The van der Waals surface area contributed by atoms with Crippen molar-refractivity contribution in [3.05, 3.63) is 81.5 Å². The van der Waals surface area contributed by atoms with Crippen molar-refractivity contribution in [3.8, 4) is 16.2 Å². The van der Waals surface area contributed by atoms with Gasteiger partial charge in [-0.1, -0.05) is 42.5 Å². The van der Waals surface area contributed by atoms with Crippen LogP contribution in [0.2, 0.25) is 0 Å². The molecular formula is C25H26N4O3S. The van der Waals surface area contributed by atoms with Crippen LogP contribution in [0.15, 0.2) is 70.3 Å². The van der Waals surface area contributed by atoms with Crippen molar-refractivity contribution >= 4 is 27.2 Å². The quantitative estimate of drug-likeness (QED) is 0.476. The molecule has 5 rings (SSSR count). The van der Waals surface area contributed by atoms with Gasteiger partial charge in [-0.3, -0.25) is 19.2 Å². The van der Waals surface area contributed by atoms with Crippen molar-refractivity contribution in [2.75, 3.05) is 44.7 Å². The number of hydrogen-bond donors (Lipinski definition) is 1. The summed E-state index contributed by atoms with van der Waals surface area (Å²) in [6.07, 6.45) is 0. The smallest absolute Gasteiger partial charge is 0.329 e. The molecule has 2 aromatic carbocycles. The van der Waals surface area contributed by atoms with E-state index in [1.54, 1.807) is 7.11 Å². The van der Waals surface area contributed by atoms with Crippen molar-refractivity contribution < 1.29 is 4.74 Å². The Labute approximate surface area is 195 Å². The summed E-state index contributed by atoms with van der Waals surface area (Å²) in [6, 6.07) is 19.8. The number of anilines is 1. The number of aromatic nitrogens is 2. The van der Waals surface area contributed by atoms with Crippen molar-refractivity contribution in [2.24, 2.45) is 0 Å². The number of para-hydroxylation sites is 2. The number of thiophene rings is 1. The Hall–Kier alpha value is -3.36. The highest BCUT2D eigenvalue weighted by atomic mass is 32.1. The molecule has 4 aromatic rings. The number of hydrogen-bond acceptors (Lipinski definition) is 6. The first-order chi connectivity index (χ1) is 16.1. The van der Waals surface area contributed by atoms with Gasteiger partial charge in [-0.15, -0.1) is 11.3 Å². The van der Waals surface area contributed by atoms with Crippen molar-refractivity contribution in [1.29, 1.82) is 0 Å². The predicted octanol–water partition coefficient (Wildman–Crippen LogP) is 3.25. The fourth-order valence-corrected chi connectivity index (χ4v) is 5.38. The van der Waals surface area contributed by atoms with Crippen LogP contribution in [0.25, 0.3) is 20.7 Å². The third-order valence-corrected chi connectivity index (χ3v) is 7.27. The summed E-state index contributed by atoms with van der Waals surface area (Å²) in [6.45, 7) is 4.50. The van der Waals surface area contributed by atoms with Gasteiger partial charge >= 0.3 is 5.69 Å². The second kappa shape index (κ2) is 9.25. The van der Waals surface area contributed by atoms with Crippen LogP contribution in [-0.2, 0) is 6.54 Å². The SMILES string of the molecule is COc1ccccc1N1CCN(CCn2c(=O)[nH]c3sc(-c4ccccc4)cc3c2=O)CC1. The van der Waals surface area contributed by atoms with Crippen molar-refractivity contribution in [3.63, 3.8) is 0 Å². The first kappa shape index (κ1) is 21.5. The molecule has 8 heteroatoms. The summed E-state index contributed by atoms with van der Waals surface area (Å²) in [7, 11) is 1.69. The molecular weight excluding hydrogens is 436 g/mol. The number of benzene rings is 2. The van der Waals surface area contributed by atoms with E-state index in [0.29, 0.717) is 23.3 Å². The summed E-state index contributed by atoms with van der Waals surface area (Å²) < 4.78 is 6.82. The molecule has 1 N–H and O–H groups in total. The monoisotopic (exact) mass is 462 g/mol. The topological polar surface area (TPSA) is 70.6 Å². The van der Waals surface area contributed by atoms with E-state index in [0.717, 1.165) is 48.1 Å². The lowest BCUT2D eigenvalue weighted by Gasteiger charge is -2.36. The highest BCUT2D eigenvalue weighted by molar-refractivity contribution is 7.21. The maximum absolute atomic E-state index is 13.1. The normalized spacial score (nSPS) is 14.6. The standard InChI is InChI=1S/C25H26N4O3S/c1-32-21-10-6-5-9-20(21)28-14-11-27(12-15-28)13-16-29-24(30)19-17-22(18-7-3-2-4-8-18)33-23(19)26-25(29)31/h2-10,17H,11-16H2,1H3,(H,26,31). The van der Waals surface area contributed by atoms with E-state index in [2.05, 4.69) is 20.9 Å². The third-order valence-electron chi connectivity index (χ3n) is 6.17. The lowest BCUT2D eigenvalue weighted by atomic mass is 10.2. The van der Waals surface area contributed by atoms with Gasteiger partial charge in [-0.05, 0) is 23.8 Å². The summed E-state index contributed by atoms with van der Waals surface area (Å²) in [5.74, 6) is 0.878. The highest BCUT2D eigenvalue weighted by Crippen LogP contribution is 2.30. The van der Waals surface area contributed by atoms with Gasteiger partial charge in [-0.25, -0.2) is 4.79 Å². The van der Waals surface area contributed by atoms with Gasteiger partial charge in [0.25, 0.3) is 5.56 Å². The molecule has 0 saturated carbocycles. The fourth-order valence-electron chi connectivity index (χ4n) is 4.34. The highest BCUT2D eigenvalue weighted by Gasteiger charge is 2.20. The van der Waals surface area contributed by atoms with Crippen LogP contribution in [0, 0.1) is 0 Å². The molecule has 0 atom stereocenters. The maximum Gasteiger partial charge on any atom is 0.329 e. The molecule has 1 aliphatic rings. The zero-order valence-electron chi connectivity index (χ0n) is 18.5. The molecule has 1 saturated heterocycles. The molecule has 0 unspecified atom stereocenters. The second-order valence-electron chi connectivity index (χ2n) is 8.11. The van der Waals surface area contributed by atoms with Crippen LogP contribution < -0.4 is 20.9 Å². The molecule has 170 valence electrons. The molecule has 0 bridgehead atoms. The average molecular weight is 463 g/mol. The molecule has 33 heavy (non-hydrogen) atoms. The molecule has 2 aromatic heterocycles. The average Bonchev–Trinajstić information content (AvgIpc) is 3.29. The first-order valence-electron chi connectivity index (χ1n) is 11.1.